The number of carboxylic acid groups (broad SMARTS) is 1. The first-order valence-electron chi connectivity index (χ1n) is 4.74. The summed E-state index contributed by atoms with van der Waals surface area (Å²) in [5.41, 5.74) is 5.36. The van der Waals surface area contributed by atoms with Gasteiger partial charge in [-0.3, -0.25) is 9.59 Å². The van der Waals surface area contributed by atoms with Gasteiger partial charge < -0.3 is 16.2 Å². The molecule has 1 atom stereocenters. The van der Waals surface area contributed by atoms with Crippen LogP contribution in [0.5, 0.6) is 0 Å². The average Bonchev–Trinajstić information content (AvgIpc) is 2.12. The van der Waals surface area contributed by atoms with Crippen LogP contribution in [0.1, 0.15) is 26.2 Å². The third-order valence-electron chi connectivity index (χ3n) is 1.96. The number of carbonyl (C=O) groups is 2. The second kappa shape index (κ2) is 7.32. The zero-order valence-electron chi connectivity index (χ0n) is 8.45. The second-order valence-electron chi connectivity index (χ2n) is 3.39. The predicted molar refractivity (Wildman–Crippen MR) is 52.7 cm³/mol. The highest BCUT2D eigenvalue weighted by Gasteiger charge is 2.06. The van der Waals surface area contributed by atoms with Gasteiger partial charge in [0.25, 0.3) is 0 Å². The van der Waals surface area contributed by atoms with Gasteiger partial charge in [-0.05, 0) is 25.3 Å². The Morgan fingerprint density at radius 2 is 2.07 bits per heavy atom. The first-order valence-corrected chi connectivity index (χ1v) is 4.74. The number of aliphatic carboxylic acids is 1. The fraction of sp³-hybridized carbons (Fsp3) is 0.778. The van der Waals surface area contributed by atoms with Crippen molar-refractivity contribution in [3.05, 3.63) is 0 Å². The molecular formula is C9H18N2O3. The molecule has 5 nitrogen and oxygen atoms in total. The largest absolute Gasteiger partial charge is 0.480 e. The van der Waals surface area contributed by atoms with E-state index in [1.807, 2.05) is 6.92 Å². The Labute approximate surface area is 83.7 Å². The van der Waals surface area contributed by atoms with Gasteiger partial charge in [0, 0.05) is 6.42 Å². The van der Waals surface area contributed by atoms with Crippen molar-refractivity contribution < 1.29 is 14.7 Å². The van der Waals surface area contributed by atoms with Crippen molar-refractivity contribution >= 4 is 11.9 Å². The van der Waals surface area contributed by atoms with Crippen LogP contribution in [0.4, 0.5) is 0 Å². The summed E-state index contributed by atoms with van der Waals surface area (Å²) in [4.78, 5) is 21.2. The number of nitrogens with two attached hydrogens (primary N) is 1. The summed E-state index contributed by atoms with van der Waals surface area (Å²) in [7, 11) is 0. The molecule has 0 aliphatic heterocycles. The third kappa shape index (κ3) is 7.54. The van der Waals surface area contributed by atoms with E-state index >= 15 is 0 Å². The summed E-state index contributed by atoms with van der Waals surface area (Å²) in [5, 5.41) is 10.6. The van der Waals surface area contributed by atoms with Crippen LogP contribution < -0.4 is 11.1 Å². The summed E-state index contributed by atoms with van der Waals surface area (Å²) in [6.07, 6.45) is 2.02. The number of hydrogen-bond donors (Lipinski definition) is 3. The van der Waals surface area contributed by atoms with E-state index in [4.69, 9.17) is 10.8 Å². The molecule has 0 aliphatic carbocycles. The second-order valence-corrected chi connectivity index (χ2v) is 3.39. The summed E-state index contributed by atoms with van der Waals surface area (Å²) >= 11 is 0. The molecule has 0 saturated carbocycles. The van der Waals surface area contributed by atoms with Gasteiger partial charge >= 0.3 is 5.97 Å². The van der Waals surface area contributed by atoms with Crippen molar-refractivity contribution in [1.29, 1.82) is 0 Å². The van der Waals surface area contributed by atoms with E-state index in [1.54, 1.807) is 0 Å². The van der Waals surface area contributed by atoms with Crippen LogP contribution in [-0.2, 0) is 9.59 Å². The molecule has 0 rings (SSSR count). The van der Waals surface area contributed by atoms with Crippen molar-refractivity contribution in [3.8, 4) is 0 Å². The third-order valence-corrected chi connectivity index (χ3v) is 1.96. The van der Waals surface area contributed by atoms with Gasteiger partial charge in [0.15, 0.2) is 0 Å². The first kappa shape index (κ1) is 12.9. The monoisotopic (exact) mass is 202 g/mol. The molecule has 0 aromatic heterocycles. The maximum Gasteiger partial charge on any atom is 0.322 e. The lowest BCUT2D eigenvalue weighted by molar-refractivity contribution is -0.138. The molecular weight excluding hydrogens is 184 g/mol. The summed E-state index contributed by atoms with van der Waals surface area (Å²) in [5.74, 6) is -0.819. The lowest BCUT2D eigenvalue weighted by atomic mass is 10.0. The van der Waals surface area contributed by atoms with E-state index in [1.165, 1.54) is 0 Å². The average molecular weight is 202 g/mol. The number of nitrogens with one attached hydrogen (secondary N) is 1. The quantitative estimate of drug-likeness (QED) is 0.539. The molecule has 0 bridgehead atoms. The summed E-state index contributed by atoms with van der Waals surface area (Å²) in [6, 6.07) is 0. The molecule has 0 heterocycles. The van der Waals surface area contributed by atoms with Crippen molar-refractivity contribution in [1.82, 2.24) is 5.32 Å². The Hall–Kier alpha value is -1.10. The minimum absolute atomic E-state index is 0.212. The first-order chi connectivity index (χ1) is 6.56. The maximum absolute atomic E-state index is 11.1. The molecule has 0 fully saturated rings. The normalized spacial score (nSPS) is 12.1. The minimum Gasteiger partial charge on any atom is -0.480 e. The Morgan fingerprint density at radius 3 is 2.57 bits per heavy atom. The van der Waals surface area contributed by atoms with E-state index in [0.717, 1.165) is 12.8 Å². The lowest BCUT2D eigenvalue weighted by Gasteiger charge is -2.08. The number of carboxylic acids is 1. The molecule has 0 aromatic rings. The fourth-order valence-corrected chi connectivity index (χ4v) is 1.07. The Kier molecular flexibility index (Phi) is 6.74. The molecule has 0 aliphatic rings. The van der Waals surface area contributed by atoms with Crippen LogP contribution in [-0.4, -0.2) is 30.1 Å². The number of carbonyl (C=O) groups excluding carboxylic acids is 1. The summed E-state index contributed by atoms with van der Waals surface area (Å²) in [6.45, 7) is 2.35. The van der Waals surface area contributed by atoms with Crippen LogP contribution in [0.25, 0.3) is 0 Å². The molecule has 5 heteroatoms. The Balaban J connectivity index is 3.48. The van der Waals surface area contributed by atoms with Gasteiger partial charge in [-0.2, -0.15) is 0 Å². The highest BCUT2D eigenvalue weighted by molar-refractivity contribution is 5.80. The van der Waals surface area contributed by atoms with E-state index in [9.17, 15) is 9.59 Å². The molecule has 0 spiro atoms. The van der Waals surface area contributed by atoms with Gasteiger partial charge in [-0.1, -0.05) is 6.92 Å². The Bertz CT molecular complexity index is 194. The van der Waals surface area contributed by atoms with Gasteiger partial charge in [-0.15, -0.1) is 0 Å². The summed E-state index contributed by atoms with van der Waals surface area (Å²) < 4.78 is 0. The van der Waals surface area contributed by atoms with Crippen LogP contribution in [0, 0.1) is 5.92 Å². The zero-order valence-corrected chi connectivity index (χ0v) is 8.45. The molecule has 0 radical (unpaired) electrons. The van der Waals surface area contributed by atoms with Crippen LogP contribution in [0.15, 0.2) is 0 Å². The number of rotatable bonds is 7. The highest BCUT2D eigenvalue weighted by atomic mass is 16.4. The van der Waals surface area contributed by atoms with E-state index < -0.39 is 5.97 Å². The van der Waals surface area contributed by atoms with E-state index in [-0.39, 0.29) is 12.5 Å². The topological polar surface area (TPSA) is 92.4 Å². The SMILES string of the molecule is CC(CCN)CCC(=O)NCC(=O)O. The fourth-order valence-electron chi connectivity index (χ4n) is 1.07. The molecule has 1 unspecified atom stereocenters. The molecule has 0 aromatic carbocycles. The highest BCUT2D eigenvalue weighted by Crippen LogP contribution is 2.08. The molecule has 14 heavy (non-hydrogen) atoms. The van der Waals surface area contributed by atoms with Gasteiger partial charge in [0.05, 0.1) is 0 Å². The standard InChI is InChI=1S/C9H18N2O3/c1-7(4-5-10)2-3-8(12)11-6-9(13)14/h7H,2-6,10H2,1H3,(H,11,12)(H,13,14). The van der Waals surface area contributed by atoms with Crippen LogP contribution in [0.2, 0.25) is 0 Å². The molecule has 0 saturated heterocycles. The lowest BCUT2D eigenvalue weighted by Crippen LogP contribution is -2.29. The van der Waals surface area contributed by atoms with Crippen molar-refractivity contribution in [2.24, 2.45) is 11.7 Å². The van der Waals surface area contributed by atoms with Crippen LogP contribution >= 0.6 is 0 Å². The van der Waals surface area contributed by atoms with Crippen molar-refractivity contribution in [2.75, 3.05) is 13.1 Å². The van der Waals surface area contributed by atoms with Crippen molar-refractivity contribution in [2.45, 2.75) is 26.2 Å². The smallest absolute Gasteiger partial charge is 0.322 e. The van der Waals surface area contributed by atoms with Gasteiger partial charge in [-0.25, -0.2) is 0 Å². The van der Waals surface area contributed by atoms with E-state index in [0.29, 0.717) is 18.9 Å². The van der Waals surface area contributed by atoms with Gasteiger partial charge in [0.1, 0.15) is 6.54 Å². The molecule has 82 valence electrons. The Morgan fingerprint density at radius 1 is 1.43 bits per heavy atom. The molecule has 1 amide bonds. The van der Waals surface area contributed by atoms with Crippen LogP contribution in [0.3, 0.4) is 0 Å². The maximum atomic E-state index is 11.1. The predicted octanol–water partition coefficient (Wildman–Crippen LogP) is -0.0477. The minimum atomic E-state index is -1.02. The zero-order chi connectivity index (χ0) is 11.0. The molecule has 4 N–H and O–H groups in total. The van der Waals surface area contributed by atoms with Gasteiger partial charge in [0.2, 0.25) is 5.91 Å². The number of hydrogen-bond acceptors (Lipinski definition) is 3. The van der Waals surface area contributed by atoms with Crippen molar-refractivity contribution in [3.63, 3.8) is 0 Å². The van der Waals surface area contributed by atoms with E-state index in [2.05, 4.69) is 5.32 Å². The number of amides is 1.